The number of carbonyl (C=O) groups is 1. The molecule has 0 aromatic carbocycles. The number of carbonyl (C=O) groups excluding carboxylic acids is 1. The highest BCUT2D eigenvalue weighted by atomic mass is 16.1. The quantitative estimate of drug-likeness (QED) is 0.449. The summed E-state index contributed by atoms with van der Waals surface area (Å²) in [5.41, 5.74) is 6.39. The van der Waals surface area contributed by atoms with Gasteiger partial charge in [-0.3, -0.25) is 0 Å². The number of rotatable bonds is 4. The zero-order chi connectivity index (χ0) is 7.28. The fraction of sp³-hybridized carbons (Fsp3) is 0.571. The smallest absolute Gasteiger partial charge is 0.136 e. The van der Waals surface area contributed by atoms with E-state index in [4.69, 9.17) is 5.73 Å². The van der Waals surface area contributed by atoms with Gasteiger partial charge < -0.3 is 10.5 Å². The lowest BCUT2D eigenvalue weighted by molar-refractivity contribution is -0.109. The molecule has 9 heavy (non-hydrogen) atoms. The molecule has 0 fully saturated rings. The first-order valence-electron chi connectivity index (χ1n) is 3.02. The van der Waals surface area contributed by atoms with Gasteiger partial charge in [-0.05, 0) is 19.8 Å². The fourth-order valence-electron chi connectivity index (χ4n) is 0.481. The first-order valence-corrected chi connectivity index (χ1v) is 3.02. The van der Waals surface area contributed by atoms with Crippen molar-refractivity contribution in [3.8, 4) is 0 Å². The van der Waals surface area contributed by atoms with E-state index in [-0.39, 0.29) is 6.04 Å². The highest BCUT2D eigenvalue weighted by Crippen LogP contribution is 2.00. The minimum Gasteiger partial charge on any atom is -0.322 e. The molecule has 0 bridgehead atoms. The lowest BCUT2D eigenvalue weighted by Gasteiger charge is -2.00. The summed E-state index contributed by atoms with van der Waals surface area (Å²) in [7, 11) is 0. The van der Waals surface area contributed by atoms with Crippen molar-refractivity contribution in [1.82, 2.24) is 0 Å². The maximum absolute atomic E-state index is 9.96. The third-order valence-corrected chi connectivity index (χ3v) is 1.08. The predicted octanol–water partition coefficient (Wildman–Crippen LogP) is 0.869. The monoisotopic (exact) mass is 127 g/mol. The van der Waals surface area contributed by atoms with Crippen molar-refractivity contribution in [2.24, 2.45) is 5.73 Å². The molecule has 2 nitrogen and oxygen atoms in total. The van der Waals surface area contributed by atoms with Crippen molar-refractivity contribution in [2.45, 2.75) is 25.8 Å². The Bertz CT molecular complexity index is 109. The van der Waals surface area contributed by atoms with E-state index in [0.29, 0.717) is 0 Å². The molecule has 0 aliphatic carbocycles. The predicted molar refractivity (Wildman–Crippen MR) is 38.1 cm³/mol. The lowest BCUT2D eigenvalue weighted by Crippen LogP contribution is -2.20. The summed E-state index contributed by atoms with van der Waals surface area (Å²) in [6.07, 6.45) is 2.34. The first kappa shape index (κ1) is 8.37. The molecule has 1 atom stereocenters. The van der Waals surface area contributed by atoms with Crippen LogP contribution in [0.3, 0.4) is 0 Å². The molecule has 0 aliphatic heterocycles. The second kappa shape index (κ2) is 4.27. The molecule has 0 spiro atoms. The van der Waals surface area contributed by atoms with Crippen LogP contribution in [0.5, 0.6) is 0 Å². The van der Waals surface area contributed by atoms with E-state index in [0.717, 1.165) is 24.7 Å². The van der Waals surface area contributed by atoms with Crippen LogP contribution >= 0.6 is 0 Å². The molecule has 0 radical (unpaired) electrons. The molecule has 1 unspecified atom stereocenters. The third-order valence-electron chi connectivity index (χ3n) is 1.08. The van der Waals surface area contributed by atoms with Crippen LogP contribution in [0.25, 0.3) is 0 Å². The second-order valence-corrected chi connectivity index (χ2v) is 2.30. The van der Waals surface area contributed by atoms with Gasteiger partial charge in [0.1, 0.15) is 6.29 Å². The highest BCUT2D eigenvalue weighted by Gasteiger charge is 1.97. The van der Waals surface area contributed by atoms with Crippen LogP contribution < -0.4 is 5.73 Å². The molecule has 52 valence electrons. The van der Waals surface area contributed by atoms with E-state index < -0.39 is 0 Å². The van der Waals surface area contributed by atoms with Crippen molar-refractivity contribution in [3.63, 3.8) is 0 Å². The minimum atomic E-state index is -0.304. The van der Waals surface area contributed by atoms with Crippen molar-refractivity contribution < 1.29 is 4.79 Å². The van der Waals surface area contributed by atoms with E-state index in [9.17, 15) is 4.79 Å². The highest BCUT2D eigenvalue weighted by molar-refractivity contribution is 5.56. The van der Waals surface area contributed by atoms with Gasteiger partial charge in [0.15, 0.2) is 0 Å². The van der Waals surface area contributed by atoms with Gasteiger partial charge in [0.2, 0.25) is 0 Å². The normalized spacial score (nSPS) is 12.7. The number of aldehydes is 1. The Morgan fingerprint density at radius 1 is 1.89 bits per heavy atom. The van der Waals surface area contributed by atoms with Crippen LogP contribution in [-0.4, -0.2) is 12.3 Å². The molecule has 2 N–H and O–H groups in total. The average molecular weight is 127 g/mol. The summed E-state index contributed by atoms with van der Waals surface area (Å²) >= 11 is 0. The molecule has 0 amide bonds. The Balaban J connectivity index is 3.26. The SMILES string of the molecule is C=C(C)CCC(N)C=O. The van der Waals surface area contributed by atoms with Crippen LogP contribution in [0.2, 0.25) is 0 Å². The topological polar surface area (TPSA) is 43.1 Å². The van der Waals surface area contributed by atoms with Gasteiger partial charge in [-0.2, -0.15) is 0 Å². The van der Waals surface area contributed by atoms with Crippen LogP contribution in [0.4, 0.5) is 0 Å². The van der Waals surface area contributed by atoms with Crippen LogP contribution in [-0.2, 0) is 4.79 Å². The van der Waals surface area contributed by atoms with Crippen LogP contribution in [0.1, 0.15) is 19.8 Å². The molecule has 0 rings (SSSR count). The summed E-state index contributed by atoms with van der Waals surface area (Å²) in [5, 5.41) is 0. The van der Waals surface area contributed by atoms with E-state index >= 15 is 0 Å². The Labute approximate surface area is 55.7 Å². The molecule has 0 aliphatic rings. The Hall–Kier alpha value is -0.630. The Morgan fingerprint density at radius 2 is 2.44 bits per heavy atom. The zero-order valence-corrected chi connectivity index (χ0v) is 5.76. The summed E-state index contributed by atoms with van der Waals surface area (Å²) in [4.78, 5) is 9.96. The molecule has 0 saturated heterocycles. The molecule has 0 aromatic heterocycles. The average Bonchev–Trinajstić information content (AvgIpc) is 1.83. The Kier molecular flexibility index (Phi) is 3.97. The van der Waals surface area contributed by atoms with Crippen molar-refractivity contribution in [2.75, 3.05) is 0 Å². The van der Waals surface area contributed by atoms with E-state index in [1.165, 1.54) is 0 Å². The van der Waals surface area contributed by atoms with Gasteiger partial charge in [0.05, 0.1) is 6.04 Å². The van der Waals surface area contributed by atoms with Crippen molar-refractivity contribution >= 4 is 6.29 Å². The maximum Gasteiger partial charge on any atom is 0.136 e. The van der Waals surface area contributed by atoms with Gasteiger partial charge in [-0.25, -0.2) is 0 Å². The van der Waals surface area contributed by atoms with Gasteiger partial charge in [0.25, 0.3) is 0 Å². The molecule has 0 saturated carbocycles. The van der Waals surface area contributed by atoms with Gasteiger partial charge in [-0.15, -0.1) is 6.58 Å². The molecule has 0 heterocycles. The van der Waals surface area contributed by atoms with Crippen molar-refractivity contribution in [1.29, 1.82) is 0 Å². The van der Waals surface area contributed by atoms with Gasteiger partial charge >= 0.3 is 0 Å². The van der Waals surface area contributed by atoms with E-state index in [2.05, 4.69) is 6.58 Å². The fourth-order valence-corrected chi connectivity index (χ4v) is 0.481. The summed E-state index contributed by atoms with van der Waals surface area (Å²) in [6.45, 7) is 5.62. The van der Waals surface area contributed by atoms with Gasteiger partial charge in [0, 0.05) is 0 Å². The summed E-state index contributed by atoms with van der Waals surface area (Å²) < 4.78 is 0. The second-order valence-electron chi connectivity index (χ2n) is 2.30. The van der Waals surface area contributed by atoms with Crippen LogP contribution in [0, 0.1) is 0 Å². The molecule has 2 heteroatoms. The van der Waals surface area contributed by atoms with Gasteiger partial charge in [-0.1, -0.05) is 5.57 Å². The maximum atomic E-state index is 9.96. The first-order chi connectivity index (χ1) is 4.16. The summed E-state index contributed by atoms with van der Waals surface area (Å²) in [6, 6.07) is -0.304. The lowest BCUT2D eigenvalue weighted by atomic mass is 10.1. The zero-order valence-electron chi connectivity index (χ0n) is 5.76. The van der Waals surface area contributed by atoms with E-state index in [1.807, 2.05) is 6.92 Å². The molecule has 0 aromatic rings. The molecular weight excluding hydrogens is 114 g/mol. The van der Waals surface area contributed by atoms with Crippen LogP contribution in [0.15, 0.2) is 12.2 Å². The Morgan fingerprint density at radius 3 is 2.78 bits per heavy atom. The molecular formula is C7H13NO. The number of hydrogen-bond donors (Lipinski definition) is 1. The number of nitrogens with two attached hydrogens (primary N) is 1. The van der Waals surface area contributed by atoms with E-state index in [1.54, 1.807) is 0 Å². The summed E-state index contributed by atoms with van der Waals surface area (Å²) in [5.74, 6) is 0. The number of allylic oxidation sites excluding steroid dienone is 1. The third kappa shape index (κ3) is 5.24. The largest absolute Gasteiger partial charge is 0.322 e. The standard InChI is InChI=1S/C7H13NO/c1-6(2)3-4-7(8)5-9/h5,7H,1,3-4,8H2,2H3. The number of hydrogen-bond acceptors (Lipinski definition) is 2. The van der Waals surface area contributed by atoms with Crippen molar-refractivity contribution in [3.05, 3.63) is 12.2 Å². The minimum absolute atomic E-state index is 0.304.